The second kappa shape index (κ2) is 3.86. The Morgan fingerprint density at radius 3 is 2.33 bits per heavy atom. The Kier molecular flexibility index (Phi) is 3.83. The second-order valence-electron chi connectivity index (χ2n) is 2.40. The van der Waals surface area contributed by atoms with Gasteiger partial charge in [-0.15, -0.1) is 17.0 Å². The van der Waals surface area contributed by atoms with Crippen molar-refractivity contribution in [3.05, 3.63) is 0 Å². The predicted molar refractivity (Wildman–Crippen MR) is 41.3 cm³/mol. The Balaban J connectivity index is 0.000000640. The monoisotopic (exact) mass is 190 g/mol. The first-order chi connectivity index (χ1) is 3.83. The first-order valence-corrected chi connectivity index (χ1v) is 2.98. The van der Waals surface area contributed by atoms with E-state index in [1.807, 2.05) is 0 Å². The zero-order valence-electron chi connectivity index (χ0n) is 5.21. The van der Waals surface area contributed by atoms with Gasteiger partial charge in [0.15, 0.2) is 0 Å². The molecule has 0 saturated heterocycles. The highest BCUT2D eigenvalue weighted by atomic mass is 79.9. The number of nitrogens with two attached hydrogens (primary N) is 1. The number of halogens is 1. The van der Waals surface area contributed by atoms with Crippen molar-refractivity contribution in [3.8, 4) is 6.07 Å². The van der Waals surface area contributed by atoms with Crippen molar-refractivity contribution in [1.82, 2.24) is 0 Å². The van der Waals surface area contributed by atoms with Gasteiger partial charge in [-0.25, -0.2) is 0 Å². The third-order valence-electron chi connectivity index (χ3n) is 1.66. The molecule has 0 aromatic rings. The molecule has 0 heterocycles. The number of nitriles is 1. The highest BCUT2D eigenvalue weighted by Gasteiger charge is 2.20. The maximum absolute atomic E-state index is 8.38. The normalized spacial score (nSPS) is 32.9. The summed E-state index contributed by atoms with van der Waals surface area (Å²) in [6, 6.07) is 2.52. The first-order valence-electron chi connectivity index (χ1n) is 2.98. The highest BCUT2D eigenvalue weighted by molar-refractivity contribution is 8.93. The molecular formula is C6H11BrN2. The van der Waals surface area contributed by atoms with Gasteiger partial charge in [-0.3, -0.25) is 0 Å². The lowest BCUT2D eigenvalue weighted by Crippen LogP contribution is -2.14. The van der Waals surface area contributed by atoms with Gasteiger partial charge in [-0.1, -0.05) is 0 Å². The van der Waals surface area contributed by atoms with Crippen LogP contribution < -0.4 is 5.73 Å². The molecule has 0 amide bonds. The summed E-state index contributed by atoms with van der Waals surface area (Å²) in [5, 5.41) is 8.38. The maximum Gasteiger partial charge on any atom is 0.0656 e. The molecule has 2 N–H and O–H groups in total. The summed E-state index contributed by atoms with van der Waals surface area (Å²) in [4.78, 5) is 0. The minimum atomic E-state index is 0. The fourth-order valence-corrected chi connectivity index (χ4v) is 1.13. The molecule has 0 radical (unpaired) electrons. The molecule has 0 spiro atoms. The van der Waals surface area contributed by atoms with E-state index < -0.39 is 0 Å². The summed E-state index contributed by atoms with van der Waals surface area (Å²) in [6.07, 6.45) is 2.96. The minimum Gasteiger partial charge on any atom is -0.328 e. The van der Waals surface area contributed by atoms with E-state index >= 15 is 0 Å². The highest BCUT2D eigenvalue weighted by Crippen LogP contribution is 2.22. The van der Waals surface area contributed by atoms with Crippen LogP contribution in [0.25, 0.3) is 0 Å². The molecule has 9 heavy (non-hydrogen) atoms. The lowest BCUT2D eigenvalue weighted by Gasteiger charge is -1.95. The van der Waals surface area contributed by atoms with Gasteiger partial charge in [0.1, 0.15) is 0 Å². The third-order valence-corrected chi connectivity index (χ3v) is 1.66. The van der Waals surface area contributed by atoms with Crippen LogP contribution in [0.15, 0.2) is 0 Å². The molecule has 1 aliphatic carbocycles. The van der Waals surface area contributed by atoms with Crippen LogP contribution >= 0.6 is 17.0 Å². The van der Waals surface area contributed by atoms with Crippen LogP contribution in [-0.2, 0) is 0 Å². The fraction of sp³-hybridized carbons (Fsp3) is 0.833. The van der Waals surface area contributed by atoms with Crippen molar-refractivity contribution in [2.45, 2.75) is 25.3 Å². The zero-order valence-corrected chi connectivity index (χ0v) is 6.92. The van der Waals surface area contributed by atoms with Crippen LogP contribution in [0, 0.1) is 17.2 Å². The zero-order chi connectivity index (χ0) is 5.98. The van der Waals surface area contributed by atoms with Gasteiger partial charge in [-0.05, 0) is 19.3 Å². The van der Waals surface area contributed by atoms with Gasteiger partial charge in [0.25, 0.3) is 0 Å². The molecule has 1 saturated carbocycles. The molecule has 0 aromatic carbocycles. The van der Waals surface area contributed by atoms with E-state index in [1.54, 1.807) is 0 Å². The largest absolute Gasteiger partial charge is 0.328 e. The molecule has 0 bridgehead atoms. The Morgan fingerprint density at radius 2 is 2.11 bits per heavy atom. The lowest BCUT2D eigenvalue weighted by molar-refractivity contribution is 0.662. The first kappa shape index (κ1) is 8.93. The molecule has 0 aliphatic heterocycles. The van der Waals surface area contributed by atoms with Gasteiger partial charge >= 0.3 is 0 Å². The summed E-state index contributed by atoms with van der Waals surface area (Å²) >= 11 is 0. The molecule has 2 unspecified atom stereocenters. The van der Waals surface area contributed by atoms with Crippen LogP contribution in [0.4, 0.5) is 0 Å². The number of hydrogen-bond donors (Lipinski definition) is 1. The summed E-state index contributed by atoms with van der Waals surface area (Å²) in [6.45, 7) is 0. The van der Waals surface area contributed by atoms with Crippen LogP contribution in [0.1, 0.15) is 19.3 Å². The second-order valence-corrected chi connectivity index (χ2v) is 2.40. The van der Waals surface area contributed by atoms with Crippen molar-refractivity contribution in [2.24, 2.45) is 11.7 Å². The molecule has 2 atom stereocenters. The molecule has 1 rings (SSSR count). The minimum absolute atomic E-state index is 0. The SMILES string of the molecule is Br.N#CC1CCC(N)C1. The number of hydrogen-bond acceptors (Lipinski definition) is 2. The van der Waals surface area contributed by atoms with Crippen molar-refractivity contribution in [2.75, 3.05) is 0 Å². The molecule has 3 heteroatoms. The van der Waals surface area contributed by atoms with E-state index in [1.165, 1.54) is 0 Å². The van der Waals surface area contributed by atoms with Crippen molar-refractivity contribution >= 4 is 17.0 Å². The van der Waals surface area contributed by atoms with E-state index in [9.17, 15) is 0 Å². The Bertz CT molecular complexity index is 119. The topological polar surface area (TPSA) is 49.8 Å². The van der Waals surface area contributed by atoms with E-state index in [0.29, 0.717) is 6.04 Å². The Morgan fingerprint density at radius 1 is 1.44 bits per heavy atom. The lowest BCUT2D eigenvalue weighted by atomic mass is 10.1. The fourth-order valence-electron chi connectivity index (χ4n) is 1.13. The van der Waals surface area contributed by atoms with Gasteiger partial charge in [0.05, 0.1) is 6.07 Å². The van der Waals surface area contributed by atoms with Gasteiger partial charge in [-0.2, -0.15) is 5.26 Å². The summed E-state index contributed by atoms with van der Waals surface area (Å²) in [7, 11) is 0. The predicted octanol–water partition coefficient (Wildman–Crippen LogP) is 1.22. The molecule has 2 nitrogen and oxygen atoms in total. The average Bonchev–Trinajstić information content (AvgIpc) is 2.14. The smallest absolute Gasteiger partial charge is 0.0656 e. The van der Waals surface area contributed by atoms with E-state index in [2.05, 4.69) is 6.07 Å². The van der Waals surface area contributed by atoms with E-state index in [4.69, 9.17) is 11.0 Å². The standard InChI is InChI=1S/C6H10N2.BrH/c7-4-5-1-2-6(8)3-5;/h5-6H,1-3,8H2;1H. The summed E-state index contributed by atoms with van der Waals surface area (Å²) in [5.41, 5.74) is 5.55. The van der Waals surface area contributed by atoms with E-state index in [-0.39, 0.29) is 22.9 Å². The van der Waals surface area contributed by atoms with Crippen LogP contribution in [-0.4, -0.2) is 6.04 Å². The summed E-state index contributed by atoms with van der Waals surface area (Å²) in [5.74, 6) is 0.255. The van der Waals surface area contributed by atoms with Gasteiger partial charge in [0.2, 0.25) is 0 Å². The maximum atomic E-state index is 8.38. The average molecular weight is 191 g/mol. The van der Waals surface area contributed by atoms with Crippen molar-refractivity contribution in [3.63, 3.8) is 0 Å². The summed E-state index contributed by atoms with van der Waals surface area (Å²) < 4.78 is 0. The van der Waals surface area contributed by atoms with Crippen LogP contribution in [0.2, 0.25) is 0 Å². The van der Waals surface area contributed by atoms with Crippen molar-refractivity contribution < 1.29 is 0 Å². The van der Waals surface area contributed by atoms with Gasteiger partial charge in [0, 0.05) is 12.0 Å². The molecule has 1 fully saturated rings. The molecule has 0 aromatic heterocycles. The van der Waals surface area contributed by atoms with Crippen LogP contribution in [0.3, 0.4) is 0 Å². The van der Waals surface area contributed by atoms with Crippen LogP contribution in [0.5, 0.6) is 0 Å². The molecular weight excluding hydrogens is 180 g/mol. The third kappa shape index (κ3) is 2.33. The number of nitrogens with zero attached hydrogens (tertiary/aromatic N) is 1. The molecule has 52 valence electrons. The molecule has 1 aliphatic rings. The number of rotatable bonds is 0. The van der Waals surface area contributed by atoms with Gasteiger partial charge < -0.3 is 5.73 Å². The van der Waals surface area contributed by atoms with E-state index in [0.717, 1.165) is 19.3 Å². The quantitative estimate of drug-likeness (QED) is 0.625. The Hall–Kier alpha value is -0.0700. The van der Waals surface area contributed by atoms with Crippen molar-refractivity contribution in [1.29, 1.82) is 5.26 Å². The Labute approximate surface area is 65.8 Å².